The highest BCUT2D eigenvalue weighted by molar-refractivity contribution is 5.01. The second-order valence-corrected chi connectivity index (χ2v) is 7.15. The molecule has 19 heavy (non-hydrogen) atoms. The van der Waals surface area contributed by atoms with Gasteiger partial charge in [0, 0.05) is 32.0 Å². The van der Waals surface area contributed by atoms with Gasteiger partial charge in [-0.1, -0.05) is 20.8 Å². The molecular formula is C15H26N4. The van der Waals surface area contributed by atoms with Crippen LogP contribution < -0.4 is 5.32 Å². The topological polar surface area (TPSA) is 42.7 Å². The van der Waals surface area contributed by atoms with Crippen LogP contribution in [-0.2, 0) is 19.4 Å². The van der Waals surface area contributed by atoms with Crippen molar-refractivity contribution < 1.29 is 0 Å². The molecule has 106 valence electrons. The van der Waals surface area contributed by atoms with Crippen LogP contribution in [0.1, 0.15) is 51.7 Å². The predicted molar refractivity (Wildman–Crippen MR) is 76.0 cm³/mol. The SMILES string of the molecule is C[C@@H]1CC(C)(C)C[C@H]1NCCc1nnc2n1CCC2. The molecule has 3 rings (SSSR count). The fourth-order valence-electron chi connectivity index (χ4n) is 3.93. The first kappa shape index (κ1) is 13.1. The van der Waals surface area contributed by atoms with Gasteiger partial charge < -0.3 is 9.88 Å². The zero-order chi connectivity index (χ0) is 13.5. The molecule has 2 aliphatic rings. The maximum Gasteiger partial charge on any atom is 0.134 e. The molecule has 1 fully saturated rings. The molecule has 0 aromatic carbocycles. The molecule has 2 atom stereocenters. The lowest BCUT2D eigenvalue weighted by atomic mass is 9.91. The van der Waals surface area contributed by atoms with Crippen molar-refractivity contribution in [3.05, 3.63) is 11.6 Å². The summed E-state index contributed by atoms with van der Waals surface area (Å²) in [5.41, 5.74) is 0.507. The van der Waals surface area contributed by atoms with E-state index >= 15 is 0 Å². The zero-order valence-corrected chi connectivity index (χ0v) is 12.4. The van der Waals surface area contributed by atoms with Crippen molar-refractivity contribution in [2.24, 2.45) is 11.3 Å². The molecule has 1 aromatic heterocycles. The first-order chi connectivity index (χ1) is 9.05. The Labute approximate surface area is 116 Å². The second kappa shape index (κ2) is 4.89. The molecule has 4 heteroatoms. The minimum absolute atomic E-state index is 0.507. The molecule has 1 aromatic rings. The number of hydrogen-bond donors (Lipinski definition) is 1. The third-order valence-corrected chi connectivity index (χ3v) is 4.78. The van der Waals surface area contributed by atoms with Crippen molar-refractivity contribution in [3.8, 4) is 0 Å². The molecular weight excluding hydrogens is 236 g/mol. The lowest BCUT2D eigenvalue weighted by molar-refractivity contribution is 0.362. The molecule has 0 radical (unpaired) electrons. The minimum Gasteiger partial charge on any atom is -0.315 e. The highest BCUT2D eigenvalue weighted by Gasteiger charge is 2.36. The van der Waals surface area contributed by atoms with E-state index in [2.05, 4.69) is 40.9 Å². The fourth-order valence-corrected chi connectivity index (χ4v) is 3.93. The Balaban J connectivity index is 1.51. The smallest absolute Gasteiger partial charge is 0.134 e. The summed E-state index contributed by atoms with van der Waals surface area (Å²) in [4.78, 5) is 0. The maximum absolute atomic E-state index is 4.32. The number of hydrogen-bond acceptors (Lipinski definition) is 3. The molecule has 0 bridgehead atoms. The average molecular weight is 262 g/mol. The molecule has 1 aliphatic carbocycles. The molecule has 0 spiro atoms. The van der Waals surface area contributed by atoms with Crippen LogP contribution in [0.4, 0.5) is 0 Å². The first-order valence-electron chi connectivity index (χ1n) is 7.69. The van der Waals surface area contributed by atoms with Gasteiger partial charge in [0.25, 0.3) is 0 Å². The second-order valence-electron chi connectivity index (χ2n) is 7.15. The lowest BCUT2D eigenvalue weighted by Crippen LogP contribution is -2.33. The van der Waals surface area contributed by atoms with Gasteiger partial charge in [0.1, 0.15) is 11.6 Å². The quantitative estimate of drug-likeness (QED) is 0.904. The summed E-state index contributed by atoms with van der Waals surface area (Å²) in [6.07, 6.45) is 5.99. The Hall–Kier alpha value is -0.900. The van der Waals surface area contributed by atoms with Gasteiger partial charge in [0.2, 0.25) is 0 Å². The van der Waals surface area contributed by atoms with Gasteiger partial charge in [-0.15, -0.1) is 10.2 Å². The zero-order valence-electron chi connectivity index (χ0n) is 12.4. The summed E-state index contributed by atoms with van der Waals surface area (Å²) in [6, 6.07) is 0.677. The maximum atomic E-state index is 4.32. The van der Waals surface area contributed by atoms with Crippen molar-refractivity contribution in [1.82, 2.24) is 20.1 Å². The standard InChI is InChI=1S/C15H26N4/c1-11-9-15(2,3)10-12(11)16-7-6-14-18-17-13-5-4-8-19(13)14/h11-12,16H,4-10H2,1-3H3/t11-,12-/m1/s1. The molecule has 1 N–H and O–H groups in total. The van der Waals surface area contributed by atoms with Gasteiger partial charge in [-0.05, 0) is 30.6 Å². The molecule has 2 heterocycles. The minimum atomic E-state index is 0.507. The van der Waals surface area contributed by atoms with E-state index in [1.165, 1.54) is 30.9 Å². The van der Waals surface area contributed by atoms with Crippen LogP contribution in [0.2, 0.25) is 0 Å². The van der Waals surface area contributed by atoms with Crippen LogP contribution in [-0.4, -0.2) is 27.4 Å². The van der Waals surface area contributed by atoms with Gasteiger partial charge >= 0.3 is 0 Å². The Morgan fingerprint density at radius 1 is 1.32 bits per heavy atom. The van der Waals surface area contributed by atoms with E-state index in [-0.39, 0.29) is 0 Å². The molecule has 1 aliphatic heterocycles. The van der Waals surface area contributed by atoms with Gasteiger partial charge in [-0.3, -0.25) is 0 Å². The summed E-state index contributed by atoms with van der Waals surface area (Å²) in [5, 5.41) is 12.3. The monoisotopic (exact) mass is 262 g/mol. The van der Waals surface area contributed by atoms with E-state index in [1.807, 2.05) is 0 Å². The summed E-state index contributed by atoms with van der Waals surface area (Å²) in [6.45, 7) is 9.29. The van der Waals surface area contributed by atoms with Crippen LogP contribution in [0.15, 0.2) is 0 Å². The van der Waals surface area contributed by atoms with E-state index in [4.69, 9.17) is 0 Å². The van der Waals surface area contributed by atoms with E-state index in [0.717, 1.165) is 31.8 Å². The highest BCUT2D eigenvalue weighted by Crippen LogP contribution is 2.40. The van der Waals surface area contributed by atoms with E-state index in [1.54, 1.807) is 0 Å². The molecule has 0 saturated heterocycles. The van der Waals surface area contributed by atoms with Crippen LogP contribution in [0.3, 0.4) is 0 Å². The molecule has 0 amide bonds. The van der Waals surface area contributed by atoms with Crippen LogP contribution >= 0.6 is 0 Å². The van der Waals surface area contributed by atoms with Crippen molar-refractivity contribution in [3.63, 3.8) is 0 Å². The Morgan fingerprint density at radius 3 is 2.89 bits per heavy atom. The fraction of sp³-hybridized carbons (Fsp3) is 0.867. The number of aromatic nitrogens is 3. The van der Waals surface area contributed by atoms with Crippen molar-refractivity contribution >= 4 is 0 Å². The Kier molecular flexibility index (Phi) is 3.37. The van der Waals surface area contributed by atoms with Crippen molar-refractivity contribution in [1.29, 1.82) is 0 Å². The predicted octanol–water partition coefficient (Wildman–Crippen LogP) is 2.18. The summed E-state index contributed by atoms with van der Waals surface area (Å²) < 4.78 is 2.31. The largest absolute Gasteiger partial charge is 0.315 e. The van der Waals surface area contributed by atoms with E-state index in [0.29, 0.717) is 11.5 Å². The third-order valence-electron chi connectivity index (χ3n) is 4.78. The van der Waals surface area contributed by atoms with Gasteiger partial charge in [-0.2, -0.15) is 0 Å². The Bertz CT molecular complexity index is 449. The normalized spacial score (nSPS) is 28.8. The van der Waals surface area contributed by atoms with Crippen LogP contribution in [0.5, 0.6) is 0 Å². The van der Waals surface area contributed by atoms with E-state index < -0.39 is 0 Å². The van der Waals surface area contributed by atoms with Gasteiger partial charge in [-0.25, -0.2) is 0 Å². The highest BCUT2D eigenvalue weighted by atomic mass is 15.3. The van der Waals surface area contributed by atoms with Gasteiger partial charge in [0.15, 0.2) is 0 Å². The average Bonchev–Trinajstić information content (AvgIpc) is 2.95. The van der Waals surface area contributed by atoms with Gasteiger partial charge in [0.05, 0.1) is 0 Å². The number of fused-ring (bicyclic) bond motifs is 1. The molecule has 0 unspecified atom stereocenters. The molecule has 4 nitrogen and oxygen atoms in total. The summed E-state index contributed by atoms with van der Waals surface area (Å²) in [7, 11) is 0. The van der Waals surface area contributed by atoms with Crippen molar-refractivity contribution in [2.45, 2.75) is 65.5 Å². The summed E-state index contributed by atoms with van der Waals surface area (Å²) >= 11 is 0. The Morgan fingerprint density at radius 2 is 2.16 bits per heavy atom. The number of rotatable bonds is 4. The summed E-state index contributed by atoms with van der Waals surface area (Å²) in [5.74, 6) is 3.15. The number of nitrogens with one attached hydrogen (secondary N) is 1. The third kappa shape index (κ3) is 2.69. The number of aryl methyl sites for hydroxylation is 1. The first-order valence-corrected chi connectivity index (χ1v) is 7.69. The molecule has 1 saturated carbocycles. The number of nitrogens with zero attached hydrogens (tertiary/aromatic N) is 3. The van der Waals surface area contributed by atoms with Crippen molar-refractivity contribution in [2.75, 3.05) is 6.54 Å². The van der Waals surface area contributed by atoms with E-state index in [9.17, 15) is 0 Å². The van der Waals surface area contributed by atoms with Crippen LogP contribution in [0.25, 0.3) is 0 Å². The lowest BCUT2D eigenvalue weighted by Gasteiger charge is -2.18. The van der Waals surface area contributed by atoms with Crippen LogP contribution in [0, 0.1) is 11.3 Å².